The summed E-state index contributed by atoms with van der Waals surface area (Å²) in [5, 5.41) is 0.667. The van der Waals surface area contributed by atoms with Crippen molar-refractivity contribution >= 4 is 34.2 Å². The van der Waals surface area contributed by atoms with E-state index in [1.165, 1.54) is 0 Å². The third-order valence-corrected chi connectivity index (χ3v) is 6.00. The number of para-hydroxylation sites is 2. The van der Waals surface area contributed by atoms with Crippen LogP contribution in [-0.4, -0.2) is 44.3 Å². The lowest BCUT2D eigenvalue weighted by Crippen LogP contribution is -2.27. The summed E-state index contributed by atoms with van der Waals surface area (Å²) in [6, 6.07) is 15.8. The van der Waals surface area contributed by atoms with Gasteiger partial charge >= 0.3 is 0 Å². The van der Waals surface area contributed by atoms with Crippen molar-refractivity contribution < 1.29 is 4.79 Å². The number of nitrogens with zero attached hydrogens (tertiary/aromatic N) is 4. The molecular formula is C24H27ClN4O. The van der Waals surface area contributed by atoms with E-state index < -0.39 is 0 Å². The minimum atomic E-state index is 0.0825. The molecule has 0 spiro atoms. The zero-order chi connectivity index (χ0) is 21.3. The Morgan fingerprint density at radius 1 is 1.00 bits per heavy atom. The van der Waals surface area contributed by atoms with Gasteiger partial charge in [0.2, 0.25) is 5.78 Å². The molecule has 0 unspecified atom stereocenters. The highest BCUT2D eigenvalue weighted by atomic mass is 35.5. The summed E-state index contributed by atoms with van der Waals surface area (Å²) in [4.78, 5) is 20.4. The van der Waals surface area contributed by atoms with Gasteiger partial charge in [-0.1, -0.05) is 56.6 Å². The normalized spacial score (nSPS) is 11.8. The van der Waals surface area contributed by atoms with Crippen LogP contribution in [0.1, 0.15) is 37.7 Å². The van der Waals surface area contributed by atoms with Crippen LogP contribution in [-0.2, 0) is 6.54 Å². The SMILES string of the molecule is CCC(=O)c1c(-c2ccc(Cl)cc2)nc2n(CCN(CC)CC)c3ccccc3n12. The van der Waals surface area contributed by atoms with Gasteiger partial charge in [-0.05, 0) is 37.4 Å². The molecule has 2 aromatic heterocycles. The van der Waals surface area contributed by atoms with Crippen LogP contribution in [0.2, 0.25) is 5.02 Å². The first-order valence-corrected chi connectivity index (χ1v) is 11.0. The lowest BCUT2D eigenvalue weighted by atomic mass is 10.1. The summed E-state index contributed by atoms with van der Waals surface area (Å²) in [6.45, 7) is 10.0. The first-order chi connectivity index (χ1) is 14.6. The van der Waals surface area contributed by atoms with E-state index in [1.54, 1.807) is 0 Å². The maximum absolute atomic E-state index is 13.1. The van der Waals surface area contributed by atoms with E-state index in [0.29, 0.717) is 17.1 Å². The van der Waals surface area contributed by atoms with E-state index in [0.717, 1.165) is 54.2 Å². The van der Waals surface area contributed by atoms with Crippen molar-refractivity contribution in [1.29, 1.82) is 0 Å². The van der Waals surface area contributed by atoms with Crippen LogP contribution < -0.4 is 0 Å². The predicted octanol–water partition coefficient (Wildman–Crippen LogP) is 5.54. The molecule has 0 aliphatic heterocycles. The highest BCUT2D eigenvalue weighted by Gasteiger charge is 2.24. The molecule has 156 valence electrons. The quantitative estimate of drug-likeness (QED) is 0.350. The van der Waals surface area contributed by atoms with Gasteiger partial charge in [-0.25, -0.2) is 4.98 Å². The van der Waals surface area contributed by atoms with Gasteiger partial charge in [0.05, 0.1) is 11.0 Å². The third kappa shape index (κ3) is 3.53. The highest BCUT2D eigenvalue weighted by Crippen LogP contribution is 2.31. The summed E-state index contributed by atoms with van der Waals surface area (Å²) in [5.41, 5.74) is 4.37. The number of carbonyl (C=O) groups is 1. The van der Waals surface area contributed by atoms with E-state index >= 15 is 0 Å². The molecule has 0 saturated carbocycles. The van der Waals surface area contributed by atoms with Gasteiger partial charge in [0, 0.05) is 30.1 Å². The van der Waals surface area contributed by atoms with Crippen molar-refractivity contribution in [3.05, 3.63) is 59.2 Å². The number of imidazole rings is 2. The summed E-state index contributed by atoms with van der Waals surface area (Å²) in [7, 11) is 0. The van der Waals surface area contributed by atoms with Gasteiger partial charge in [0.15, 0.2) is 5.78 Å². The molecule has 30 heavy (non-hydrogen) atoms. The van der Waals surface area contributed by atoms with Crippen LogP contribution in [0.3, 0.4) is 0 Å². The summed E-state index contributed by atoms with van der Waals surface area (Å²) < 4.78 is 4.27. The maximum atomic E-state index is 13.1. The number of benzene rings is 2. The van der Waals surface area contributed by atoms with Crippen molar-refractivity contribution in [1.82, 2.24) is 18.9 Å². The van der Waals surface area contributed by atoms with Crippen LogP contribution in [0.4, 0.5) is 0 Å². The number of hydrogen-bond donors (Lipinski definition) is 0. The number of aromatic nitrogens is 3. The van der Waals surface area contributed by atoms with Gasteiger partial charge in [-0.2, -0.15) is 0 Å². The first kappa shape index (κ1) is 20.6. The Morgan fingerprint density at radius 3 is 2.30 bits per heavy atom. The van der Waals surface area contributed by atoms with Crippen LogP contribution >= 0.6 is 11.6 Å². The Kier molecular flexibility index (Phi) is 5.93. The molecule has 0 bridgehead atoms. The number of ketones is 1. The Labute approximate surface area is 181 Å². The largest absolute Gasteiger partial charge is 0.308 e. The second kappa shape index (κ2) is 8.62. The summed E-state index contributed by atoms with van der Waals surface area (Å²) >= 11 is 6.09. The van der Waals surface area contributed by atoms with Crippen LogP contribution in [0.5, 0.6) is 0 Å². The van der Waals surface area contributed by atoms with E-state index in [4.69, 9.17) is 16.6 Å². The van der Waals surface area contributed by atoms with E-state index in [-0.39, 0.29) is 5.78 Å². The second-order valence-electron chi connectivity index (χ2n) is 7.40. The highest BCUT2D eigenvalue weighted by molar-refractivity contribution is 6.30. The standard InChI is InChI=1S/C24H27ClN4O/c1-4-21(30)23-22(17-11-13-18(25)14-12-17)26-24-28(16-15-27(5-2)6-3)19-9-7-8-10-20(19)29(23)24/h7-14H,4-6,15-16H2,1-3H3. The number of hydrogen-bond acceptors (Lipinski definition) is 3. The molecule has 0 amide bonds. The zero-order valence-electron chi connectivity index (χ0n) is 17.7. The molecule has 0 radical (unpaired) electrons. The van der Waals surface area contributed by atoms with E-state index in [9.17, 15) is 4.79 Å². The number of likely N-dealkylation sites (N-methyl/N-ethyl adjacent to an activating group) is 1. The number of Topliss-reactive ketones (excluding diaryl/α,β-unsaturated/α-hetero) is 1. The van der Waals surface area contributed by atoms with Gasteiger partial charge < -0.3 is 9.47 Å². The number of halogens is 1. The van der Waals surface area contributed by atoms with Crippen molar-refractivity contribution in [3.63, 3.8) is 0 Å². The minimum absolute atomic E-state index is 0.0825. The number of fused-ring (bicyclic) bond motifs is 3. The molecule has 5 nitrogen and oxygen atoms in total. The molecular weight excluding hydrogens is 396 g/mol. The van der Waals surface area contributed by atoms with E-state index in [1.807, 2.05) is 47.7 Å². The molecule has 0 aliphatic carbocycles. The molecule has 2 heterocycles. The minimum Gasteiger partial charge on any atom is -0.308 e. The molecule has 2 aromatic carbocycles. The molecule has 0 N–H and O–H groups in total. The Balaban J connectivity index is 1.97. The van der Waals surface area contributed by atoms with Crippen LogP contribution in [0.25, 0.3) is 28.1 Å². The second-order valence-corrected chi connectivity index (χ2v) is 7.83. The predicted molar refractivity (Wildman–Crippen MR) is 124 cm³/mol. The average Bonchev–Trinajstić information content (AvgIpc) is 3.30. The fraction of sp³-hybridized carbons (Fsp3) is 0.333. The topological polar surface area (TPSA) is 42.5 Å². The smallest absolute Gasteiger partial charge is 0.216 e. The number of carbonyl (C=O) groups excluding carboxylic acids is 1. The zero-order valence-corrected chi connectivity index (χ0v) is 18.5. The molecule has 6 heteroatoms. The summed E-state index contributed by atoms with van der Waals surface area (Å²) in [6.07, 6.45) is 0.424. The lowest BCUT2D eigenvalue weighted by Gasteiger charge is -2.18. The molecule has 4 aromatic rings. The molecule has 0 atom stereocenters. The van der Waals surface area contributed by atoms with Crippen LogP contribution in [0.15, 0.2) is 48.5 Å². The fourth-order valence-corrected chi connectivity index (χ4v) is 4.17. The Morgan fingerprint density at radius 2 is 1.67 bits per heavy atom. The molecule has 0 aliphatic rings. The lowest BCUT2D eigenvalue weighted by molar-refractivity contribution is 0.0983. The average molecular weight is 423 g/mol. The first-order valence-electron chi connectivity index (χ1n) is 10.6. The van der Waals surface area contributed by atoms with E-state index in [2.05, 4.69) is 35.4 Å². The summed E-state index contributed by atoms with van der Waals surface area (Å²) in [5.74, 6) is 0.893. The molecule has 0 fully saturated rings. The number of rotatable bonds is 8. The van der Waals surface area contributed by atoms with Gasteiger partial charge in [-0.15, -0.1) is 0 Å². The van der Waals surface area contributed by atoms with Gasteiger partial charge in [0.1, 0.15) is 11.4 Å². The third-order valence-electron chi connectivity index (χ3n) is 5.75. The fourth-order valence-electron chi connectivity index (χ4n) is 4.04. The molecule has 4 rings (SSSR count). The van der Waals surface area contributed by atoms with Crippen molar-refractivity contribution in [2.45, 2.75) is 33.7 Å². The van der Waals surface area contributed by atoms with Crippen molar-refractivity contribution in [2.24, 2.45) is 0 Å². The molecule has 0 saturated heterocycles. The van der Waals surface area contributed by atoms with Crippen molar-refractivity contribution in [2.75, 3.05) is 19.6 Å². The Hall–Kier alpha value is -2.63. The maximum Gasteiger partial charge on any atom is 0.216 e. The van der Waals surface area contributed by atoms with Gasteiger partial charge in [-0.3, -0.25) is 9.20 Å². The monoisotopic (exact) mass is 422 g/mol. The van der Waals surface area contributed by atoms with Gasteiger partial charge in [0.25, 0.3) is 0 Å². The van der Waals surface area contributed by atoms with Crippen LogP contribution in [0, 0.1) is 0 Å². The Bertz CT molecular complexity index is 1190. The van der Waals surface area contributed by atoms with Crippen molar-refractivity contribution in [3.8, 4) is 11.3 Å².